The first kappa shape index (κ1) is 12.7. The zero-order valence-electron chi connectivity index (χ0n) is 9.84. The number of anilines is 1. The standard InChI is InChI=1S/C10H14N4O3S/c1-5-13-14-10(18-5)12-9(17)11-7-3-2-6(4-7)8(15)16/h6-7H,2-4H2,1H3,(H,15,16)(H2,11,12,14,17)/t6-,7+/m1/s1. The van der Waals surface area contributed by atoms with Crippen LogP contribution in [0.25, 0.3) is 0 Å². The van der Waals surface area contributed by atoms with Crippen LogP contribution in [0.1, 0.15) is 24.3 Å². The molecule has 1 aliphatic rings. The van der Waals surface area contributed by atoms with Crippen molar-refractivity contribution in [2.75, 3.05) is 5.32 Å². The molecule has 1 aromatic heterocycles. The molecule has 0 radical (unpaired) electrons. The highest BCUT2D eigenvalue weighted by molar-refractivity contribution is 7.15. The predicted octanol–water partition coefficient (Wildman–Crippen LogP) is 1.22. The number of nitrogens with zero attached hydrogens (tertiary/aromatic N) is 2. The Morgan fingerprint density at radius 1 is 1.39 bits per heavy atom. The van der Waals surface area contributed by atoms with Gasteiger partial charge in [0.25, 0.3) is 0 Å². The van der Waals surface area contributed by atoms with Crippen molar-refractivity contribution in [3.63, 3.8) is 0 Å². The van der Waals surface area contributed by atoms with E-state index < -0.39 is 5.97 Å². The molecule has 0 spiro atoms. The summed E-state index contributed by atoms with van der Waals surface area (Å²) in [7, 11) is 0. The number of carboxylic acids is 1. The van der Waals surface area contributed by atoms with Gasteiger partial charge in [-0.2, -0.15) is 0 Å². The number of hydrogen-bond acceptors (Lipinski definition) is 5. The lowest BCUT2D eigenvalue weighted by Gasteiger charge is -2.11. The minimum absolute atomic E-state index is 0.0832. The van der Waals surface area contributed by atoms with Crippen LogP contribution < -0.4 is 10.6 Å². The van der Waals surface area contributed by atoms with Crippen LogP contribution in [0.15, 0.2) is 0 Å². The van der Waals surface area contributed by atoms with E-state index in [4.69, 9.17) is 5.11 Å². The maximum Gasteiger partial charge on any atom is 0.321 e. The van der Waals surface area contributed by atoms with Crippen LogP contribution in [0.4, 0.5) is 9.93 Å². The highest BCUT2D eigenvalue weighted by Gasteiger charge is 2.30. The van der Waals surface area contributed by atoms with Gasteiger partial charge in [-0.05, 0) is 26.2 Å². The fraction of sp³-hybridized carbons (Fsp3) is 0.600. The Labute approximate surface area is 108 Å². The zero-order valence-corrected chi connectivity index (χ0v) is 10.7. The second-order valence-electron chi connectivity index (χ2n) is 4.27. The first-order valence-electron chi connectivity index (χ1n) is 5.65. The minimum atomic E-state index is -0.792. The van der Waals surface area contributed by atoms with Crippen LogP contribution in [0.5, 0.6) is 0 Å². The van der Waals surface area contributed by atoms with Crippen LogP contribution in [0.3, 0.4) is 0 Å². The summed E-state index contributed by atoms with van der Waals surface area (Å²) in [5.41, 5.74) is 0. The Morgan fingerprint density at radius 3 is 2.72 bits per heavy atom. The Bertz CT molecular complexity index is 462. The molecule has 7 nitrogen and oxygen atoms in total. The lowest BCUT2D eigenvalue weighted by Crippen LogP contribution is -2.36. The molecule has 1 heterocycles. The molecule has 18 heavy (non-hydrogen) atoms. The molecular formula is C10H14N4O3S. The lowest BCUT2D eigenvalue weighted by atomic mass is 10.1. The highest BCUT2D eigenvalue weighted by Crippen LogP contribution is 2.25. The third-order valence-electron chi connectivity index (χ3n) is 2.86. The second-order valence-corrected chi connectivity index (χ2v) is 5.45. The van der Waals surface area contributed by atoms with Crippen LogP contribution >= 0.6 is 11.3 Å². The number of rotatable bonds is 3. The van der Waals surface area contributed by atoms with Gasteiger partial charge < -0.3 is 10.4 Å². The summed E-state index contributed by atoms with van der Waals surface area (Å²) < 4.78 is 0. The van der Waals surface area contributed by atoms with E-state index in [1.807, 2.05) is 0 Å². The number of nitrogens with one attached hydrogen (secondary N) is 2. The first-order valence-corrected chi connectivity index (χ1v) is 6.46. The number of amides is 2. The summed E-state index contributed by atoms with van der Waals surface area (Å²) in [6.45, 7) is 1.80. The molecule has 0 unspecified atom stereocenters. The number of carbonyl (C=O) groups is 2. The second kappa shape index (κ2) is 5.30. The van der Waals surface area contributed by atoms with Gasteiger partial charge in [0.2, 0.25) is 5.13 Å². The number of aryl methyl sites for hydroxylation is 1. The van der Waals surface area contributed by atoms with Gasteiger partial charge in [-0.1, -0.05) is 11.3 Å². The Hall–Kier alpha value is -1.70. The van der Waals surface area contributed by atoms with Gasteiger partial charge >= 0.3 is 12.0 Å². The Kier molecular flexibility index (Phi) is 3.75. The van der Waals surface area contributed by atoms with E-state index in [1.54, 1.807) is 6.92 Å². The maximum absolute atomic E-state index is 11.6. The molecule has 2 rings (SSSR count). The predicted molar refractivity (Wildman–Crippen MR) is 65.6 cm³/mol. The Balaban J connectivity index is 1.80. The normalized spacial score (nSPS) is 22.7. The van der Waals surface area contributed by atoms with Gasteiger partial charge in [-0.25, -0.2) is 4.79 Å². The van der Waals surface area contributed by atoms with E-state index >= 15 is 0 Å². The van der Waals surface area contributed by atoms with Crippen LogP contribution in [-0.4, -0.2) is 33.3 Å². The monoisotopic (exact) mass is 270 g/mol. The Morgan fingerprint density at radius 2 is 2.17 bits per heavy atom. The molecule has 8 heteroatoms. The molecule has 1 aromatic rings. The molecule has 98 valence electrons. The van der Waals surface area contributed by atoms with Crippen molar-refractivity contribution in [2.45, 2.75) is 32.2 Å². The summed E-state index contributed by atoms with van der Waals surface area (Å²) in [6.07, 6.45) is 1.79. The van der Waals surface area contributed by atoms with Crippen molar-refractivity contribution in [2.24, 2.45) is 5.92 Å². The summed E-state index contributed by atoms with van der Waals surface area (Å²) >= 11 is 1.29. The van der Waals surface area contributed by atoms with Gasteiger partial charge in [0.15, 0.2) is 0 Å². The zero-order chi connectivity index (χ0) is 13.1. The van der Waals surface area contributed by atoms with E-state index in [0.717, 1.165) is 5.01 Å². The van der Waals surface area contributed by atoms with Crippen molar-refractivity contribution >= 4 is 28.5 Å². The molecule has 2 atom stereocenters. The van der Waals surface area contributed by atoms with Crippen molar-refractivity contribution in [1.29, 1.82) is 0 Å². The third-order valence-corrected chi connectivity index (χ3v) is 3.62. The van der Waals surface area contributed by atoms with E-state index in [0.29, 0.717) is 24.4 Å². The number of aliphatic carboxylic acids is 1. The van der Waals surface area contributed by atoms with Gasteiger partial charge in [-0.15, -0.1) is 10.2 Å². The van der Waals surface area contributed by atoms with Gasteiger partial charge in [-0.3, -0.25) is 10.1 Å². The molecular weight excluding hydrogens is 256 g/mol. The summed E-state index contributed by atoms with van der Waals surface area (Å²) in [5.74, 6) is -1.14. The quantitative estimate of drug-likeness (QED) is 0.766. The lowest BCUT2D eigenvalue weighted by molar-refractivity contribution is -0.141. The number of hydrogen-bond donors (Lipinski definition) is 3. The number of carboxylic acid groups (broad SMARTS) is 1. The molecule has 0 saturated heterocycles. The maximum atomic E-state index is 11.6. The van der Waals surface area contributed by atoms with Crippen LogP contribution in [0.2, 0.25) is 0 Å². The molecule has 0 bridgehead atoms. The van der Waals surface area contributed by atoms with E-state index in [-0.39, 0.29) is 18.0 Å². The number of urea groups is 1. The van der Waals surface area contributed by atoms with E-state index in [1.165, 1.54) is 11.3 Å². The largest absolute Gasteiger partial charge is 0.481 e. The third kappa shape index (κ3) is 3.16. The summed E-state index contributed by atoms with van der Waals surface area (Å²) in [5, 5.41) is 23.0. The average molecular weight is 270 g/mol. The molecule has 1 fully saturated rings. The molecule has 0 aliphatic heterocycles. The molecule has 1 saturated carbocycles. The molecule has 1 aliphatic carbocycles. The SMILES string of the molecule is Cc1nnc(NC(=O)N[C@H]2CC[C@@H](C(=O)O)C2)s1. The van der Waals surface area contributed by atoms with Crippen molar-refractivity contribution in [3.8, 4) is 0 Å². The highest BCUT2D eigenvalue weighted by atomic mass is 32.1. The summed E-state index contributed by atoms with van der Waals surface area (Å²) in [6, 6.07) is -0.442. The first-order chi connectivity index (χ1) is 8.54. The van der Waals surface area contributed by atoms with Gasteiger partial charge in [0.05, 0.1) is 5.92 Å². The fourth-order valence-electron chi connectivity index (χ4n) is 2.00. The summed E-state index contributed by atoms with van der Waals surface area (Å²) in [4.78, 5) is 22.4. The number of carbonyl (C=O) groups excluding carboxylic acids is 1. The van der Waals surface area contributed by atoms with Crippen LogP contribution in [-0.2, 0) is 4.79 Å². The van der Waals surface area contributed by atoms with Gasteiger partial charge in [0, 0.05) is 6.04 Å². The smallest absolute Gasteiger partial charge is 0.321 e. The van der Waals surface area contributed by atoms with Gasteiger partial charge in [0.1, 0.15) is 5.01 Å². The number of aromatic nitrogens is 2. The topological polar surface area (TPSA) is 104 Å². The van der Waals surface area contributed by atoms with E-state index in [9.17, 15) is 9.59 Å². The van der Waals surface area contributed by atoms with Crippen molar-refractivity contribution in [3.05, 3.63) is 5.01 Å². The molecule has 2 amide bonds. The fourth-order valence-corrected chi connectivity index (χ4v) is 2.59. The van der Waals surface area contributed by atoms with Crippen molar-refractivity contribution in [1.82, 2.24) is 15.5 Å². The molecule has 3 N–H and O–H groups in total. The minimum Gasteiger partial charge on any atom is -0.481 e. The average Bonchev–Trinajstić information content (AvgIpc) is 2.88. The molecule has 0 aromatic carbocycles. The van der Waals surface area contributed by atoms with Crippen LogP contribution in [0, 0.1) is 12.8 Å². The van der Waals surface area contributed by atoms with Crippen molar-refractivity contribution < 1.29 is 14.7 Å². The van der Waals surface area contributed by atoms with E-state index in [2.05, 4.69) is 20.8 Å².